The van der Waals surface area contributed by atoms with Gasteiger partial charge in [0.25, 0.3) is 0 Å². The van der Waals surface area contributed by atoms with E-state index in [1.54, 1.807) is 0 Å². The Labute approximate surface area is 111 Å². The lowest BCUT2D eigenvalue weighted by molar-refractivity contribution is 0.103. The van der Waals surface area contributed by atoms with Crippen LogP contribution in [0.15, 0.2) is 4.47 Å². The fourth-order valence-electron chi connectivity index (χ4n) is 2.38. The fraction of sp³-hybridized carbons (Fsp3) is 0.769. The van der Waals surface area contributed by atoms with E-state index in [1.165, 1.54) is 12.8 Å². The van der Waals surface area contributed by atoms with Gasteiger partial charge in [-0.1, -0.05) is 6.92 Å². The average Bonchev–Trinajstić information content (AvgIpc) is 3.11. The van der Waals surface area contributed by atoms with Crippen LogP contribution in [0.2, 0.25) is 0 Å². The van der Waals surface area contributed by atoms with Crippen LogP contribution >= 0.6 is 15.9 Å². The van der Waals surface area contributed by atoms with Gasteiger partial charge in [0, 0.05) is 13.0 Å². The van der Waals surface area contributed by atoms with Crippen molar-refractivity contribution in [3.8, 4) is 0 Å². The van der Waals surface area contributed by atoms with Crippen LogP contribution in [0.4, 0.5) is 0 Å². The number of aliphatic hydroxyl groups is 1. The highest BCUT2D eigenvalue weighted by Gasteiger charge is 2.33. The van der Waals surface area contributed by atoms with Crippen molar-refractivity contribution in [2.45, 2.75) is 52.7 Å². The first-order valence-electron chi connectivity index (χ1n) is 6.44. The molecule has 2 atom stereocenters. The highest BCUT2D eigenvalue weighted by atomic mass is 79.9. The second-order valence-electron chi connectivity index (χ2n) is 5.13. The van der Waals surface area contributed by atoms with E-state index in [9.17, 15) is 5.11 Å². The summed E-state index contributed by atoms with van der Waals surface area (Å²) in [5.74, 6) is 1.14. The van der Waals surface area contributed by atoms with Gasteiger partial charge in [0.05, 0.1) is 22.0 Å². The number of hydrogen-bond acceptors (Lipinski definition) is 2. The largest absolute Gasteiger partial charge is 0.392 e. The molecule has 2 unspecified atom stereocenters. The van der Waals surface area contributed by atoms with E-state index in [0.717, 1.165) is 28.3 Å². The van der Waals surface area contributed by atoms with Crippen LogP contribution in [0.3, 0.4) is 0 Å². The normalized spacial score (nSPS) is 19.4. The molecule has 1 saturated carbocycles. The molecule has 0 aliphatic heterocycles. The summed E-state index contributed by atoms with van der Waals surface area (Å²) >= 11 is 3.58. The predicted octanol–water partition coefficient (Wildman–Crippen LogP) is 2.92. The summed E-state index contributed by atoms with van der Waals surface area (Å²) in [6, 6.07) is 0. The molecule has 2 rings (SSSR count). The lowest BCUT2D eigenvalue weighted by atomic mass is 9.95. The van der Waals surface area contributed by atoms with Crippen molar-refractivity contribution in [2.24, 2.45) is 11.8 Å². The van der Waals surface area contributed by atoms with Crippen molar-refractivity contribution in [1.82, 2.24) is 9.78 Å². The SMILES string of the molecule is CCn1nc(C)c(Br)c1CC(O)C(C)C1CC1. The molecule has 0 bridgehead atoms. The standard InChI is InChI=1S/C13H21BrN2O/c1-4-16-11(13(14)9(3)15-16)7-12(17)8(2)10-5-6-10/h8,10,12,17H,4-7H2,1-3H3. The van der Waals surface area contributed by atoms with Gasteiger partial charge >= 0.3 is 0 Å². The van der Waals surface area contributed by atoms with Gasteiger partial charge in [-0.25, -0.2) is 0 Å². The van der Waals surface area contributed by atoms with Crippen LogP contribution in [0.5, 0.6) is 0 Å². The van der Waals surface area contributed by atoms with Crippen LogP contribution in [0, 0.1) is 18.8 Å². The van der Waals surface area contributed by atoms with E-state index in [0.29, 0.717) is 12.3 Å². The molecule has 4 heteroatoms. The number of aromatic nitrogens is 2. The van der Waals surface area contributed by atoms with Crippen molar-refractivity contribution in [3.05, 3.63) is 15.9 Å². The minimum absolute atomic E-state index is 0.250. The Morgan fingerprint density at radius 3 is 2.71 bits per heavy atom. The number of nitrogens with zero attached hydrogens (tertiary/aromatic N) is 2. The van der Waals surface area contributed by atoms with Gasteiger partial charge in [-0.3, -0.25) is 4.68 Å². The van der Waals surface area contributed by atoms with E-state index >= 15 is 0 Å². The molecule has 96 valence electrons. The predicted molar refractivity (Wildman–Crippen MR) is 71.9 cm³/mol. The molecule has 1 N–H and O–H groups in total. The molecule has 1 aromatic heterocycles. The maximum absolute atomic E-state index is 10.3. The number of aryl methyl sites for hydroxylation is 2. The number of halogens is 1. The van der Waals surface area contributed by atoms with Crippen LogP contribution in [-0.2, 0) is 13.0 Å². The van der Waals surface area contributed by atoms with Gasteiger partial charge in [-0.2, -0.15) is 5.10 Å². The lowest BCUT2D eigenvalue weighted by Crippen LogP contribution is -2.23. The van der Waals surface area contributed by atoms with Crippen molar-refractivity contribution in [1.29, 1.82) is 0 Å². The molecule has 1 aliphatic rings. The second kappa shape index (κ2) is 5.11. The van der Waals surface area contributed by atoms with Crippen molar-refractivity contribution in [3.63, 3.8) is 0 Å². The van der Waals surface area contributed by atoms with Crippen LogP contribution < -0.4 is 0 Å². The Kier molecular flexibility index (Phi) is 3.93. The molecule has 17 heavy (non-hydrogen) atoms. The molecular formula is C13H21BrN2O. The summed E-state index contributed by atoms with van der Waals surface area (Å²) in [5.41, 5.74) is 2.14. The molecule has 0 saturated heterocycles. The monoisotopic (exact) mass is 300 g/mol. The lowest BCUT2D eigenvalue weighted by Gasteiger charge is -2.19. The Morgan fingerprint density at radius 1 is 1.53 bits per heavy atom. The summed E-state index contributed by atoms with van der Waals surface area (Å²) in [6.45, 7) is 7.09. The van der Waals surface area contributed by atoms with Crippen molar-refractivity contribution < 1.29 is 5.11 Å². The first-order chi connectivity index (χ1) is 8.04. The quantitative estimate of drug-likeness (QED) is 0.908. The maximum atomic E-state index is 10.3. The fourth-order valence-corrected chi connectivity index (χ4v) is 2.83. The van der Waals surface area contributed by atoms with Crippen molar-refractivity contribution in [2.75, 3.05) is 0 Å². The van der Waals surface area contributed by atoms with Crippen LogP contribution in [0.25, 0.3) is 0 Å². The zero-order chi connectivity index (χ0) is 12.6. The highest BCUT2D eigenvalue weighted by Crippen LogP contribution is 2.39. The summed E-state index contributed by atoms with van der Waals surface area (Å²) in [6.07, 6.45) is 3.02. The van der Waals surface area contributed by atoms with E-state index in [1.807, 2.05) is 11.6 Å². The summed E-state index contributed by atoms with van der Waals surface area (Å²) < 4.78 is 3.05. The Bertz CT molecular complexity index is 398. The van der Waals surface area contributed by atoms with E-state index < -0.39 is 0 Å². The molecule has 1 aromatic rings. The average molecular weight is 301 g/mol. The van der Waals surface area contributed by atoms with Crippen LogP contribution in [0.1, 0.15) is 38.1 Å². The van der Waals surface area contributed by atoms with E-state index in [-0.39, 0.29) is 6.10 Å². The Morgan fingerprint density at radius 2 is 2.18 bits per heavy atom. The molecule has 3 nitrogen and oxygen atoms in total. The summed E-state index contributed by atoms with van der Waals surface area (Å²) in [7, 11) is 0. The summed E-state index contributed by atoms with van der Waals surface area (Å²) in [5, 5.41) is 14.7. The number of rotatable bonds is 5. The minimum atomic E-state index is -0.250. The Balaban J connectivity index is 2.11. The molecule has 0 spiro atoms. The van der Waals surface area contributed by atoms with Gasteiger partial charge in [0.15, 0.2) is 0 Å². The molecule has 1 aliphatic carbocycles. The first-order valence-corrected chi connectivity index (χ1v) is 7.23. The van der Waals surface area contributed by atoms with Gasteiger partial charge in [0.1, 0.15) is 0 Å². The van der Waals surface area contributed by atoms with Crippen molar-refractivity contribution >= 4 is 15.9 Å². The van der Waals surface area contributed by atoms with E-state index in [2.05, 4.69) is 34.9 Å². The first kappa shape index (κ1) is 13.1. The van der Waals surface area contributed by atoms with E-state index in [4.69, 9.17) is 0 Å². The molecule has 0 radical (unpaired) electrons. The minimum Gasteiger partial charge on any atom is -0.392 e. The number of aliphatic hydroxyl groups excluding tert-OH is 1. The highest BCUT2D eigenvalue weighted by molar-refractivity contribution is 9.10. The molecule has 1 fully saturated rings. The zero-order valence-corrected chi connectivity index (χ0v) is 12.4. The van der Waals surface area contributed by atoms with Gasteiger partial charge in [0.2, 0.25) is 0 Å². The third kappa shape index (κ3) is 2.74. The summed E-state index contributed by atoms with van der Waals surface area (Å²) in [4.78, 5) is 0. The molecule has 0 amide bonds. The maximum Gasteiger partial charge on any atom is 0.0738 e. The Hall–Kier alpha value is -0.350. The molecule has 0 aromatic carbocycles. The third-order valence-corrected chi connectivity index (χ3v) is 4.86. The molecule has 1 heterocycles. The molecular weight excluding hydrogens is 280 g/mol. The number of hydrogen-bond donors (Lipinski definition) is 1. The van der Waals surface area contributed by atoms with Crippen LogP contribution in [-0.4, -0.2) is 21.0 Å². The third-order valence-electron chi connectivity index (χ3n) is 3.83. The van der Waals surface area contributed by atoms with Gasteiger partial charge in [-0.05, 0) is 54.5 Å². The topological polar surface area (TPSA) is 38.0 Å². The zero-order valence-electron chi connectivity index (χ0n) is 10.8. The second-order valence-corrected chi connectivity index (χ2v) is 5.92. The van der Waals surface area contributed by atoms with Gasteiger partial charge < -0.3 is 5.11 Å². The smallest absolute Gasteiger partial charge is 0.0738 e. The van der Waals surface area contributed by atoms with Gasteiger partial charge in [-0.15, -0.1) is 0 Å².